The Morgan fingerprint density at radius 3 is 2.33 bits per heavy atom. The van der Waals surface area contributed by atoms with Gasteiger partial charge >= 0.3 is 5.97 Å². The van der Waals surface area contributed by atoms with E-state index < -0.39 is 5.97 Å². The van der Waals surface area contributed by atoms with Crippen LogP contribution in [0.15, 0.2) is 0 Å². The molecule has 2 N–H and O–H groups in total. The van der Waals surface area contributed by atoms with Crippen LogP contribution in [0.1, 0.15) is 58.8 Å². The molecule has 0 aromatic carbocycles. The molecule has 0 unspecified atom stereocenters. The van der Waals surface area contributed by atoms with Gasteiger partial charge in [-0.05, 0) is 24.2 Å². The largest absolute Gasteiger partial charge is 0.481 e. The van der Waals surface area contributed by atoms with Crippen molar-refractivity contribution < 1.29 is 14.7 Å². The van der Waals surface area contributed by atoms with Gasteiger partial charge in [-0.3, -0.25) is 9.59 Å². The molecule has 1 fully saturated rings. The zero-order valence-corrected chi connectivity index (χ0v) is 11.5. The number of carbonyl (C=O) groups is 2. The van der Waals surface area contributed by atoms with Crippen molar-refractivity contribution in [1.29, 1.82) is 0 Å². The first kappa shape index (κ1) is 15.0. The standard InChI is InChI=1S/C14H25NO3/c1-11(2)8-12(16)15-10-14(9-13(17)18)6-4-3-5-7-14/h11H,3-10H2,1-2H3,(H,15,16)(H,17,18). The van der Waals surface area contributed by atoms with E-state index >= 15 is 0 Å². The number of nitrogens with one attached hydrogen (secondary N) is 1. The van der Waals surface area contributed by atoms with Crippen LogP contribution in [0.25, 0.3) is 0 Å². The second kappa shape index (κ2) is 6.76. The van der Waals surface area contributed by atoms with Gasteiger partial charge in [0.25, 0.3) is 0 Å². The summed E-state index contributed by atoms with van der Waals surface area (Å²) in [7, 11) is 0. The van der Waals surface area contributed by atoms with E-state index in [0.29, 0.717) is 18.9 Å². The lowest BCUT2D eigenvalue weighted by Crippen LogP contribution is -2.40. The smallest absolute Gasteiger partial charge is 0.303 e. The number of carboxylic acid groups (broad SMARTS) is 1. The van der Waals surface area contributed by atoms with Gasteiger partial charge in [0, 0.05) is 13.0 Å². The van der Waals surface area contributed by atoms with E-state index in [1.165, 1.54) is 6.42 Å². The van der Waals surface area contributed by atoms with E-state index in [1.54, 1.807) is 0 Å². The highest BCUT2D eigenvalue weighted by molar-refractivity contribution is 5.76. The van der Waals surface area contributed by atoms with Gasteiger partial charge in [0.05, 0.1) is 6.42 Å². The van der Waals surface area contributed by atoms with Crippen LogP contribution in [0.4, 0.5) is 0 Å². The molecule has 18 heavy (non-hydrogen) atoms. The third kappa shape index (κ3) is 5.07. The molecule has 0 radical (unpaired) electrons. The molecule has 0 aliphatic heterocycles. The lowest BCUT2D eigenvalue weighted by molar-refractivity contribution is -0.140. The van der Waals surface area contributed by atoms with E-state index in [2.05, 4.69) is 5.32 Å². The molecule has 4 heteroatoms. The van der Waals surface area contributed by atoms with Gasteiger partial charge in [-0.15, -0.1) is 0 Å². The van der Waals surface area contributed by atoms with Gasteiger partial charge < -0.3 is 10.4 Å². The first-order chi connectivity index (χ1) is 8.43. The number of hydrogen-bond acceptors (Lipinski definition) is 2. The summed E-state index contributed by atoms with van der Waals surface area (Å²) in [6.07, 6.45) is 5.86. The summed E-state index contributed by atoms with van der Waals surface area (Å²) in [4.78, 5) is 22.6. The quantitative estimate of drug-likeness (QED) is 0.766. The van der Waals surface area contributed by atoms with Gasteiger partial charge in [-0.1, -0.05) is 33.1 Å². The monoisotopic (exact) mass is 255 g/mol. The first-order valence-electron chi connectivity index (χ1n) is 6.92. The summed E-state index contributed by atoms with van der Waals surface area (Å²) in [5.41, 5.74) is -0.212. The number of aliphatic carboxylic acids is 1. The van der Waals surface area contributed by atoms with Crippen molar-refractivity contribution in [3.05, 3.63) is 0 Å². The molecule has 104 valence electrons. The Kier molecular flexibility index (Phi) is 5.63. The lowest BCUT2D eigenvalue weighted by Gasteiger charge is -2.36. The van der Waals surface area contributed by atoms with E-state index in [1.807, 2.05) is 13.8 Å². The molecule has 0 atom stereocenters. The van der Waals surface area contributed by atoms with Crippen molar-refractivity contribution in [2.75, 3.05) is 6.54 Å². The Hall–Kier alpha value is -1.06. The second-order valence-electron chi connectivity index (χ2n) is 6.01. The van der Waals surface area contributed by atoms with Crippen molar-refractivity contribution in [3.63, 3.8) is 0 Å². The Bertz CT molecular complexity index is 293. The van der Waals surface area contributed by atoms with Crippen LogP contribution in [0.5, 0.6) is 0 Å². The summed E-state index contributed by atoms with van der Waals surface area (Å²) in [5, 5.41) is 12.0. The molecule has 0 heterocycles. The van der Waals surface area contributed by atoms with Crippen LogP contribution < -0.4 is 5.32 Å². The van der Waals surface area contributed by atoms with Gasteiger partial charge in [0.15, 0.2) is 0 Å². The van der Waals surface area contributed by atoms with Crippen molar-refractivity contribution in [2.24, 2.45) is 11.3 Å². The summed E-state index contributed by atoms with van der Waals surface area (Å²) >= 11 is 0. The number of hydrogen-bond donors (Lipinski definition) is 2. The van der Waals surface area contributed by atoms with Gasteiger partial charge in [0.1, 0.15) is 0 Å². The van der Waals surface area contributed by atoms with E-state index in [9.17, 15) is 9.59 Å². The molecule has 1 rings (SSSR count). The molecule has 1 amide bonds. The number of rotatable bonds is 6. The molecule has 1 aliphatic rings. The highest BCUT2D eigenvalue weighted by Gasteiger charge is 2.34. The van der Waals surface area contributed by atoms with E-state index in [4.69, 9.17) is 5.11 Å². The molecular formula is C14H25NO3. The van der Waals surface area contributed by atoms with Crippen LogP contribution in [-0.4, -0.2) is 23.5 Å². The van der Waals surface area contributed by atoms with E-state index in [-0.39, 0.29) is 17.7 Å². The maximum atomic E-state index is 11.7. The van der Waals surface area contributed by atoms with Gasteiger partial charge in [-0.25, -0.2) is 0 Å². The summed E-state index contributed by atoms with van der Waals surface area (Å²) in [6, 6.07) is 0. The normalized spacial score (nSPS) is 18.6. The Labute approximate surface area is 109 Å². The number of carboxylic acids is 1. The Balaban J connectivity index is 2.50. The summed E-state index contributed by atoms with van der Waals surface area (Å²) in [5.74, 6) is -0.373. The van der Waals surface area contributed by atoms with Crippen LogP contribution in [-0.2, 0) is 9.59 Å². The second-order valence-corrected chi connectivity index (χ2v) is 6.01. The summed E-state index contributed by atoms with van der Waals surface area (Å²) < 4.78 is 0. The molecule has 0 aromatic rings. The fourth-order valence-corrected chi connectivity index (χ4v) is 2.77. The zero-order valence-electron chi connectivity index (χ0n) is 11.5. The molecular weight excluding hydrogens is 230 g/mol. The molecule has 0 saturated heterocycles. The number of amides is 1. The highest BCUT2D eigenvalue weighted by Crippen LogP contribution is 2.38. The fraction of sp³-hybridized carbons (Fsp3) is 0.857. The van der Waals surface area contributed by atoms with Crippen LogP contribution >= 0.6 is 0 Å². The van der Waals surface area contributed by atoms with Gasteiger partial charge in [-0.2, -0.15) is 0 Å². The fourth-order valence-electron chi connectivity index (χ4n) is 2.77. The van der Waals surface area contributed by atoms with Crippen molar-refractivity contribution in [2.45, 2.75) is 58.8 Å². The third-order valence-electron chi connectivity index (χ3n) is 3.69. The first-order valence-corrected chi connectivity index (χ1v) is 6.92. The molecule has 0 bridgehead atoms. The Morgan fingerprint density at radius 2 is 1.83 bits per heavy atom. The molecule has 4 nitrogen and oxygen atoms in total. The minimum atomic E-state index is -0.755. The zero-order chi connectivity index (χ0) is 13.6. The SMILES string of the molecule is CC(C)CC(=O)NCC1(CC(=O)O)CCCCC1. The predicted molar refractivity (Wildman–Crippen MR) is 70.2 cm³/mol. The number of carbonyl (C=O) groups excluding carboxylic acids is 1. The molecule has 0 aromatic heterocycles. The van der Waals surface area contributed by atoms with Crippen LogP contribution in [0.2, 0.25) is 0 Å². The van der Waals surface area contributed by atoms with Crippen molar-refractivity contribution in [3.8, 4) is 0 Å². The highest BCUT2D eigenvalue weighted by atomic mass is 16.4. The van der Waals surface area contributed by atoms with Crippen molar-refractivity contribution >= 4 is 11.9 Å². The average Bonchev–Trinajstić information content (AvgIpc) is 2.26. The molecule has 1 aliphatic carbocycles. The van der Waals surface area contributed by atoms with Crippen molar-refractivity contribution in [1.82, 2.24) is 5.32 Å². The van der Waals surface area contributed by atoms with Crippen LogP contribution in [0, 0.1) is 11.3 Å². The maximum Gasteiger partial charge on any atom is 0.303 e. The van der Waals surface area contributed by atoms with E-state index in [0.717, 1.165) is 25.7 Å². The summed E-state index contributed by atoms with van der Waals surface area (Å²) in [6.45, 7) is 4.53. The maximum absolute atomic E-state index is 11.7. The minimum Gasteiger partial charge on any atom is -0.481 e. The average molecular weight is 255 g/mol. The van der Waals surface area contributed by atoms with Gasteiger partial charge in [0.2, 0.25) is 5.91 Å². The third-order valence-corrected chi connectivity index (χ3v) is 3.69. The van der Waals surface area contributed by atoms with Crippen LogP contribution in [0.3, 0.4) is 0 Å². The minimum absolute atomic E-state index is 0.0420. The lowest BCUT2D eigenvalue weighted by atomic mass is 9.71. The predicted octanol–water partition coefficient (Wildman–Crippen LogP) is 2.57. The topological polar surface area (TPSA) is 66.4 Å². The molecule has 0 spiro atoms. The molecule has 1 saturated carbocycles. The Morgan fingerprint density at radius 1 is 1.22 bits per heavy atom.